The Morgan fingerprint density at radius 1 is 1.15 bits per heavy atom. The quantitative estimate of drug-likeness (QED) is 0.898. The molecular formula is C12H14F2N6. The number of hydrogen-bond donors (Lipinski definition) is 2. The summed E-state index contributed by atoms with van der Waals surface area (Å²) in [5.41, 5.74) is 6.25. The van der Waals surface area contributed by atoms with E-state index in [-0.39, 0.29) is 11.6 Å². The molecule has 8 heteroatoms. The molecule has 6 nitrogen and oxygen atoms in total. The highest BCUT2D eigenvalue weighted by Crippen LogP contribution is 2.26. The number of nitrogen functional groups attached to an aromatic ring is 1. The van der Waals surface area contributed by atoms with Gasteiger partial charge in [-0.2, -0.15) is 10.1 Å². The van der Waals surface area contributed by atoms with Crippen molar-refractivity contribution in [3.05, 3.63) is 17.8 Å². The zero-order valence-electron chi connectivity index (χ0n) is 10.7. The molecule has 0 amide bonds. The van der Waals surface area contributed by atoms with Gasteiger partial charge in [-0.25, -0.2) is 13.8 Å². The standard InChI is InChI=1S/C12H14F2N6/c13-11(14)9-5-8(18-19-9)7-6-10(17-12(15)16-7)20-3-1-2-4-20/h5-6,11H,1-4H2,(H,18,19)(H2,15,16,17). The molecule has 1 fully saturated rings. The molecule has 0 unspecified atom stereocenters. The van der Waals surface area contributed by atoms with Crippen LogP contribution in [0.5, 0.6) is 0 Å². The Hall–Kier alpha value is -2.25. The molecule has 1 aliphatic rings. The van der Waals surface area contributed by atoms with Crippen molar-refractivity contribution in [1.29, 1.82) is 0 Å². The van der Waals surface area contributed by atoms with E-state index in [4.69, 9.17) is 5.73 Å². The van der Waals surface area contributed by atoms with Crippen molar-refractivity contribution in [2.45, 2.75) is 19.3 Å². The van der Waals surface area contributed by atoms with Crippen LogP contribution in [-0.2, 0) is 0 Å². The first-order chi connectivity index (χ1) is 9.63. The van der Waals surface area contributed by atoms with Crippen molar-refractivity contribution in [1.82, 2.24) is 20.2 Å². The Balaban J connectivity index is 1.95. The van der Waals surface area contributed by atoms with Gasteiger partial charge in [-0.05, 0) is 18.9 Å². The molecule has 106 valence electrons. The van der Waals surface area contributed by atoms with Crippen LogP contribution >= 0.6 is 0 Å². The molecule has 2 aromatic heterocycles. The van der Waals surface area contributed by atoms with E-state index in [1.54, 1.807) is 6.07 Å². The van der Waals surface area contributed by atoms with Crippen LogP contribution in [0.15, 0.2) is 12.1 Å². The molecule has 1 aliphatic heterocycles. The number of aromatic nitrogens is 4. The van der Waals surface area contributed by atoms with Gasteiger partial charge in [0, 0.05) is 19.2 Å². The van der Waals surface area contributed by atoms with Crippen LogP contribution in [0.3, 0.4) is 0 Å². The number of anilines is 2. The van der Waals surface area contributed by atoms with Crippen LogP contribution < -0.4 is 10.6 Å². The highest BCUT2D eigenvalue weighted by atomic mass is 19.3. The Bertz CT molecular complexity index is 606. The molecule has 1 saturated heterocycles. The van der Waals surface area contributed by atoms with E-state index in [1.165, 1.54) is 6.07 Å². The molecule has 20 heavy (non-hydrogen) atoms. The summed E-state index contributed by atoms with van der Waals surface area (Å²) in [6.45, 7) is 1.83. The Kier molecular flexibility index (Phi) is 3.21. The highest BCUT2D eigenvalue weighted by Gasteiger charge is 2.18. The lowest BCUT2D eigenvalue weighted by atomic mass is 10.2. The Morgan fingerprint density at radius 2 is 1.90 bits per heavy atom. The van der Waals surface area contributed by atoms with Crippen molar-refractivity contribution in [2.75, 3.05) is 23.7 Å². The molecule has 0 aliphatic carbocycles. The average molecular weight is 280 g/mol. The van der Waals surface area contributed by atoms with Gasteiger partial charge in [0.2, 0.25) is 5.95 Å². The summed E-state index contributed by atoms with van der Waals surface area (Å²) < 4.78 is 25.1. The average Bonchev–Trinajstić information content (AvgIpc) is 3.10. The molecule has 0 atom stereocenters. The number of nitrogens with two attached hydrogens (primary N) is 1. The minimum atomic E-state index is -2.59. The lowest BCUT2D eigenvalue weighted by Gasteiger charge is -2.16. The molecule has 3 rings (SSSR count). The second-order valence-corrected chi connectivity index (χ2v) is 4.67. The van der Waals surface area contributed by atoms with Crippen molar-refractivity contribution < 1.29 is 8.78 Å². The van der Waals surface area contributed by atoms with Gasteiger partial charge < -0.3 is 10.6 Å². The first kappa shape index (κ1) is 12.8. The number of aromatic amines is 1. The molecule has 0 aromatic carbocycles. The summed E-state index contributed by atoms with van der Waals surface area (Å²) in [4.78, 5) is 10.3. The SMILES string of the molecule is Nc1nc(-c2cc(C(F)F)[nH]n2)cc(N2CCCC2)n1. The van der Waals surface area contributed by atoms with Crippen LogP contribution in [0.1, 0.15) is 25.0 Å². The zero-order chi connectivity index (χ0) is 14.1. The predicted octanol–water partition coefficient (Wildman–Crippen LogP) is 1.99. The number of hydrogen-bond acceptors (Lipinski definition) is 5. The number of alkyl halides is 2. The lowest BCUT2D eigenvalue weighted by molar-refractivity contribution is 0.146. The van der Waals surface area contributed by atoms with Gasteiger partial charge in [-0.15, -0.1) is 0 Å². The van der Waals surface area contributed by atoms with E-state index < -0.39 is 6.43 Å². The molecule has 0 saturated carbocycles. The van der Waals surface area contributed by atoms with Gasteiger partial charge in [0.25, 0.3) is 6.43 Å². The first-order valence-corrected chi connectivity index (χ1v) is 6.37. The molecule has 2 aromatic rings. The van der Waals surface area contributed by atoms with Crippen LogP contribution in [0, 0.1) is 0 Å². The maximum atomic E-state index is 12.6. The summed E-state index contributed by atoms with van der Waals surface area (Å²) in [5, 5.41) is 6.14. The van der Waals surface area contributed by atoms with E-state index in [2.05, 4.69) is 25.1 Å². The molecule has 0 bridgehead atoms. The topological polar surface area (TPSA) is 83.7 Å². The fourth-order valence-corrected chi connectivity index (χ4v) is 2.27. The van der Waals surface area contributed by atoms with E-state index in [0.29, 0.717) is 17.2 Å². The highest BCUT2D eigenvalue weighted by molar-refractivity contribution is 5.61. The fourth-order valence-electron chi connectivity index (χ4n) is 2.27. The smallest absolute Gasteiger partial charge is 0.279 e. The third-order valence-corrected chi connectivity index (χ3v) is 3.26. The summed E-state index contributed by atoms with van der Waals surface area (Å²) in [6, 6.07) is 3.01. The van der Waals surface area contributed by atoms with Crippen LogP contribution in [0.4, 0.5) is 20.5 Å². The van der Waals surface area contributed by atoms with E-state index in [1.807, 2.05) is 0 Å². The summed E-state index contributed by atoms with van der Waals surface area (Å²) >= 11 is 0. The Labute approximate surface area is 114 Å². The first-order valence-electron chi connectivity index (χ1n) is 6.37. The van der Waals surface area contributed by atoms with Gasteiger partial charge in [-0.1, -0.05) is 0 Å². The van der Waals surface area contributed by atoms with Gasteiger partial charge in [-0.3, -0.25) is 5.10 Å². The third kappa shape index (κ3) is 2.40. The van der Waals surface area contributed by atoms with Crippen LogP contribution in [0.2, 0.25) is 0 Å². The fraction of sp³-hybridized carbons (Fsp3) is 0.417. The van der Waals surface area contributed by atoms with Gasteiger partial charge in [0.05, 0.1) is 5.69 Å². The number of nitrogens with one attached hydrogen (secondary N) is 1. The van der Waals surface area contributed by atoms with E-state index in [9.17, 15) is 8.78 Å². The second-order valence-electron chi connectivity index (χ2n) is 4.67. The monoisotopic (exact) mass is 280 g/mol. The van der Waals surface area contributed by atoms with E-state index in [0.717, 1.165) is 25.9 Å². The second kappa shape index (κ2) is 5.03. The number of halogens is 2. The summed E-state index contributed by atoms with van der Waals surface area (Å²) in [7, 11) is 0. The summed E-state index contributed by atoms with van der Waals surface area (Å²) in [5.74, 6) is 0.831. The number of H-pyrrole nitrogens is 1. The molecular weight excluding hydrogens is 266 g/mol. The summed E-state index contributed by atoms with van der Waals surface area (Å²) in [6.07, 6.45) is -0.373. The van der Waals surface area contributed by atoms with Crippen LogP contribution in [0.25, 0.3) is 11.4 Å². The van der Waals surface area contributed by atoms with Crippen molar-refractivity contribution in [3.8, 4) is 11.4 Å². The maximum Gasteiger partial charge on any atom is 0.279 e. The number of rotatable bonds is 3. The van der Waals surface area contributed by atoms with Gasteiger partial charge >= 0.3 is 0 Å². The van der Waals surface area contributed by atoms with E-state index >= 15 is 0 Å². The van der Waals surface area contributed by atoms with Crippen molar-refractivity contribution in [3.63, 3.8) is 0 Å². The van der Waals surface area contributed by atoms with Gasteiger partial charge in [0.15, 0.2) is 0 Å². The number of nitrogens with zero attached hydrogens (tertiary/aromatic N) is 4. The minimum absolute atomic E-state index is 0.117. The molecule has 3 N–H and O–H groups in total. The zero-order valence-corrected chi connectivity index (χ0v) is 10.7. The molecule has 3 heterocycles. The Morgan fingerprint density at radius 3 is 2.55 bits per heavy atom. The van der Waals surface area contributed by atoms with Gasteiger partial charge in [0.1, 0.15) is 17.2 Å². The normalized spacial score (nSPS) is 15.2. The third-order valence-electron chi connectivity index (χ3n) is 3.26. The molecule has 0 spiro atoms. The minimum Gasteiger partial charge on any atom is -0.368 e. The predicted molar refractivity (Wildman–Crippen MR) is 70.4 cm³/mol. The van der Waals surface area contributed by atoms with Crippen molar-refractivity contribution in [2.24, 2.45) is 0 Å². The maximum absolute atomic E-state index is 12.6. The largest absolute Gasteiger partial charge is 0.368 e. The lowest BCUT2D eigenvalue weighted by Crippen LogP contribution is -2.19. The van der Waals surface area contributed by atoms with Crippen molar-refractivity contribution >= 4 is 11.8 Å². The molecule has 0 radical (unpaired) electrons. The van der Waals surface area contributed by atoms with Crippen LogP contribution in [-0.4, -0.2) is 33.3 Å².